The number of hydrogen-bond donors (Lipinski definition) is 3. The first kappa shape index (κ1) is 51.0. The van der Waals surface area contributed by atoms with Crippen molar-refractivity contribution in [2.24, 2.45) is 0 Å². The second-order valence-corrected chi connectivity index (χ2v) is 13.8. The first-order valence-corrected chi connectivity index (χ1v) is 21.2. The van der Waals surface area contributed by atoms with E-state index in [1.165, 1.54) is 6.92 Å². The molecule has 1 atom stereocenters. The van der Waals surface area contributed by atoms with Crippen molar-refractivity contribution in [3.8, 4) is 5.75 Å². The summed E-state index contributed by atoms with van der Waals surface area (Å²) in [5, 5.41) is 8.04. The number of hydrogen-bond acceptors (Lipinski definition) is 17. The molecule has 20 nitrogen and oxygen atoms in total. The van der Waals surface area contributed by atoms with Crippen molar-refractivity contribution in [3.05, 3.63) is 53.6 Å². The van der Waals surface area contributed by atoms with Gasteiger partial charge in [-0.05, 0) is 42.8 Å². The summed E-state index contributed by atoms with van der Waals surface area (Å²) < 4.78 is 60.7. The Morgan fingerprint density at radius 3 is 1.48 bits per heavy atom. The van der Waals surface area contributed by atoms with Gasteiger partial charge in [0.25, 0.3) is 11.8 Å². The number of ether oxygens (including phenoxy) is 11. The van der Waals surface area contributed by atoms with Gasteiger partial charge in [-0.15, -0.1) is 0 Å². The summed E-state index contributed by atoms with van der Waals surface area (Å²) in [6, 6.07) is 11.0. The minimum absolute atomic E-state index is 0.0616. The number of anilines is 2. The maximum absolute atomic E-state index is 13.2. The first-order chi connectivity index (χ1) is 30.8. The Balaban J connectivity index is 0.810. The highest BCUT2D eigenvalue weighted by atomic mass is 16.6. The molecule has 0 aromatic heterocycles. The number of nitrogens with one attached hydrogen (secondary N) is 3. The van der Waals surface area contributed by atoms with Crippen LogP contribution in [-0.2, 0) is 61.8 Å². The number of nitrogens with zero attached hydrogens (tertiary/aromatic N) is 1. The van der Waals surface area contributed by atoms with Crippen molar-refractivity contribution in [3.63, 3.8) is 0 Å². The number of carbonyl (C=O) groups is 5. The van der Waals surface area contributed by atoms with Crippen LogP contribution in [-0.4, -0.2) is 186 Å². The van der Waals surface area contributed by atoms with Gasteiger partial charge in [-0.25, -0.2) is 0 Å². The van der Waals surface area contributed by atoms with Crippen LogP contribution in [0.1, 0.15) is 40.5 Å². The van der Waals surface area contributed by atoms with Gasteiger partial charge < -0.3 is 62.7 Å². The fourth-order valence-corrected chi connectivity index (χ4v) is 6.06. The molecule has 5 amide bonds. The molecule has 1 fully saturated rings. The van der Waals surface area contributed by atoms with Gasteiger partial charge in [-0.1, -0.05) is 6.07 Å². The van der Waals surface area contributed by atoms with E-state index in [2.05, 4.69) is 16.0 Å². The number of rotatable bonds is 37. The quantitative estimate of drug-likeness (QED) is 0.0648. The molecule has 4 rings (SSSR count). The van der Waals surface area contributed by atoms with Crippen LogP contribution in [0.4, 0.5) is 11.4 Å². The number of benzene rings is 2. The van der Waals surface area contributed by atoms with Crippen molar-refractivity contribution in [1.82, 2.24) is 10.2 Å². The fourth-order valence-electron chi connectivity index (χ4n) is 6.06. The number of piperidine rings is 1. The zero-order valence-electron chi connectivity index (χ0n) is 36.1. The molecule has 350 valence electrons. The Morgan fingerprint density at radius 2 is 1.03 bits per heavy atom. The summed E-state index contributed by atoms with van der Waals surface area (Å²) in [5.74, 6) is -1.60. The Hall–Kier alpha value is -4.61. The molecule has 2 aromatic carbocycles. The number of fused-ring (bicyclic) bond motifs is 1. The van der Waals surface area contributed by atoms with Crippen molar-refractivity contribution in [2.45, 2.75) is 25.8 Å². The second kappa shape index (κ2) is 31.3. The SMILES string of the molecule is CC(=O)Nc1ccc(OCCOCCOCCOCCOCCOCCOCCOCCOCCOCCOCCNc2cccc3c2C(=O)N(C2CCC(=O)NC2=O)C3=O)cc1. The topological polar surface area (TPSA) is 226 Å². The molecular weight excluding hydrogens is 828 g/mol. The van der Waals surface area contributed by atoms with E-state index in [0.29, 0.717) is 157 Å². The molecule has 2 aliphatic rings. The minimum atomic E-state index is -1.02. The molecule has 2 aromatic rings. The predicted octanol–water partition coefficient (Wildman–Crippen LogP) is 1.70. The molecule has 3 N–H and O–H groups in total. The lowest BCUT2D eigenvalue weighted by molar-refractivity contribution is -0.136. The van der Waals surface area contributed by atoms with Crippen LogP contribution in [0.25, 0.3) is 0 Å². The van der Waals surface area contributed by atoms with Crippen LogP contribution in [0, 0.1) is 0 Å². The van der Waals surface area contributed by atoms with Crippen molar-refractivity contribution in [2.75, 3.05) is 156 Å². The molecule has 1 saturated heterocycles. The molecule has 63 heavy (non-hydrogen) atoms. The monoisotopic (exact) mass is 890 g/mol. The van der Waals surface area contributed by atoms with Gasteiger partial charge in [0.2, 0.25) is 17.7 Å². The molecule has 1 unspecified atom stereocenters. The van der Waals surface area contributed by atoms with Crippen LogP contribution in [0.2, 0.25) is 0 Å². The predicted molar refractivity (Wildman–Crippen MR) is 226 cm³/mol. The molecule has 0 aliphatic carbocycles. The zero-order valence-corrected chi connectivity index (χ0v) is 36.1. The average molecular weight is 891 g/mol. The van der Waals surface area contributed by atoms with Crippen LogP contribution in [0.15, 0.2) is 42.5 Å². The smallest absolute Gasteiger partial charge is 0.264 e. The van der Waals surface area contributed by atoms with E-state index in [9.17, 15) is 24.0 Å². The molecule has 0 spiro atoms. The third-order valence-electron chi connectivity index (χ3n) is 9.05. The highest BCUT2D eigenvalue weighted by Gasteiger charge is 2.45. The largest absolute Gasteiger partial charge is 0.491 e. The number of carbonyl (C=O) groups excluding carboxylic acids is 5. The standard InChI is InChI=1S/C43H62N4O16/c1-33(48)45-34-5-7-35(8-6-34)63-32-31-62-30-29-61-28-27-60-26-25-59-24-23-58-22-21-57-20-19-56-18-17-55-16-15-54-14-13-53-12-11-44-37-4-2-3-36-40(37)43(52)47(42(36)51)38-9-10-39(49)46-41(38)50/h2-8,38,44H,9-32H2,1H3,(H,45,48)(H,46,49,50). The van der Waals surface area contributed by atoms with E-state index >= 15 is 0 Å². The van der Waals surface area contributed by atoms with Gasteiger partial charge in [0.05, 0.1) is 143 Å². The third kappa shape index (κ3) is 20.2. The van der Waals surface area contributed by atoms with Crippen LogP contribution in [0.3, 0.4) is 0 Å². The van der Waals surface area contributed by atoms with Crippen LogP contribution < -0.4 is 20.7 Å². The van der Waals surface area contributed by atoms with Crippen molar-refractivity contribution in [1.29, 1.82) is 0 Å². The first-order valence-electron chi connectivity index (χ1n) is 21.2. The van der Waals surface area contributed by atoms with Crippen LogP contribution >= 0.6 is 0 Å². The van der Waals surface area contributed by atoms with Gasteiger partial charge in [-0.3, -0.25) is 34.2 Å². The highest BCUT2D eigenvalue weighted by Crippen LogP contribution is 2.32. The molecule has 2 aliphatic heterocycles. The minimum Gasteiger partial charge on any atom is -0.491 e. The summed E-state index contributed by atoms with van der Waals surface area (Å²) >= 11 is 0. The Labute approximate surface area is 367 Å². The zero-order chi connectivity index (χ0) is 44.7. The lowest BCUT2D eigenvalue weighted by Crippen LogP contribution is -2.54. The van der Waals surface area contributed by atoms with Gasteiger partial charge in [0.1, 0.15) is 18.4 Å². The summed E-state index contributed by atoms with van der Waals surface area (Å²) in [6.07, 6.45) is 0.161. The van der Waals surface area contributed by atoms with Gasteiger partial charge in [-0.2, -0.15) is 0 Å². The molecule has 0 bridgehead atoms. The normalized spacial score (nSPS) is 14.9. The maximum Gasteiger partial charge on any atom is 0.264 e. The van der Waals surface area contributed by atoms with E-state index in [1.807, 2.05) is 0 Å². The Bertz CT molecular complexity index is 1670. The molecule has 20 heteroatoms. The van der Waals surface area contributed by atoms with Crippen LogP contribution in [0.5, 0.6) is 5.75 Å². The highest BCUT2D eigenvalue weighted by molar-refractivity contribution is 6.25. The molecule has 0 saturated carbocycles. The fraction of sp³-hybridized carbons (Fsp3) is 0.605. The van der Waals surface area contributed by atoms with Gasteiger partial charge in [0, 0.05) is 31.3 Å². The van der Waals surface area contributed by atoms with E-state index in [4.69, 9.17) is 52.1 Å². The summed E-state index contributed by atoms with van der Waals surface area (Å²) in [6.45, 7) is 11.0. The molecule has 2 heterocycles. The number of amides is 5. The molecular formula is C43H62N4O16. The van der Waals surface area contributed by atoms with Crippen molar-refractivity contribution >= 4 is 40.9 Å². The third-order valence-corrected chi connectivity index (χ3v) is 9.05. The summed E-state index contributed by atoms with van der Waals surface area (Å²) in [5.41, 5.74) is 1.62. The summed E-state index contributed by atoms with van der Waals surface area (Å²) in [4.78, 5) is 62.0. The van der Waals surface area contributed by atoms with Gasteiger partial charge >= 0.3 is 0 Å². The number of imide groups is 2. The van der Waals surface area contributed by atoms with Gasteiger partial charge in [0.15, 0.2) is 0 Å². The lowest BCUT2D eigenvalue weighted by Gasteiger charge is -2.27. The van der Waals surface area contributed by atoms with E-state index in [-0.39, 0.29) is 29.9 Å². The maximum atomic E-state index is 13.2. The lowest BCUT2D eigenvalue weighted by atomic mass is 10.0. The average Bonchev–Trinajstić information content (AvgIpc) is 3.52. The van der Waals surface area contributed by atoms with E-state index in [1.54, 1.807) is 42.5 Å². The molecule has 0 radical (unpaired) electrons. The summed E-state index contributed by atoms with van der Waals surface area (Å²) in [7, 11) is 0. The van der Waals surface area contributed by atoms with E-state index < -0.39 is 29.7 Å². The Morgan fingerprint density at radius 1 is 0.587 bits per heavy atom. The second-order valence-electron chi connectivity index (χ2n) is 13.8. The van der Waals surface area contributed by atoms with E-state index in [0.717, 1.165) is 10.6 Å². The Kier molecular flexibility index (Phi) is 25.3. The van der Waals surface area contributed by atoms with Crippen molar-refractivity contribution < 1.29 is 76.1 Å².